The average molecular weight is 286 g/mol. The fourth-order valence-electron chi connectivity index (χ4n) is 2.20. The van der Waals surface area contributed by atoms with Gasteiger partial charge in [0.25, 0.3) is 5.91 Å². The molecule has 1 aromatic rings. The van der Waals surface area contributed by atoms with Gasteiger partial charge in [0.15, 0.2) is 0 Å². The molecule has 0 heterocycles. The minimum Gasteiger partial charge on any atom is -0.398 e. The lowest BCUT2D eigenvalue weighted by atomic mass is 9.97. The van der Waals surface area contributed by atoms with Gasteiger partial charge in [0.1, 0.15) is 0 Å². The molecule has 1 saturated carbocycles. The molecule has 3 N–H and O–H groups in total. The van der Waals surface area contributed by atoms with E-state index in [0.717, 1.165) is 31.0 Å². The maximum Gasteiger partial charge on any atom is 0.416 e. The Kier molecular flexibility index (Phi) is 3.44. The standard InChI is InChI=1S/C14H17F3N2O/c1-13(2,8-3-4-8)19-12(20)10-7-9(14(15,16)17)5-6-11(10)18/h5-8H,3-4,18H2,1-2H3,(H,19,20). The van der Waals surface area contributed by atoms with Crippen LogP contribution in [-0.2, 0) is 6.18 Å². The Morgan fingerprint density at radius 1 is 1.30 bits per heavy atom. The van der Waals surface area contributed by atoms with Crippen molar-refractivity contribution in [1.29, 1.82) is 0 Å². The molecule has 0 saturated heterocycles. The van der Waals surface area contributed by atoms with Crippen molar-refractivity contribution in [2.24, 2.45) is 5.92 Å². The van der Waals surface area contributed by atoms with E-state index in [4.69, 9.17) is 5.73 Å². The highest BCUT2D eigenvalue weighted by molar-refractivity contribution is 5.99. The number of alkyl halides is 3. The number of hydrogen-bond donors (Lipinski definition) is 2. The van der Waals surface area contributed by atoms with E-state index < -0.39 is 23.2 Å². The second-order valence-electron chi connectivity index (χ2n) is 5.75. The molecule has 20 heavy (non-hydrogen) atoms. The number of rotatable bonds is 3. The van der Waals surface area contributed by atoms with Crippen molar-refractivity contribution >= 4 is 11.6 Å². The number of nitrogens with one attached hydrogen (secondary N) is 1. The Morgan fingerprint density at radius 2 is 1.90 bits per heavy atom. The molecule has 1 aliphatic rings. The van der Waals surface area contributed by atoms with Crippen molar-refractivity contribution in [3.8, 4) is 0 Å². The number of benzene rings is 1. The molecule has 3 nitrogen and oxygen atoms in total. The first-order valence-corrected chi connectivity index (χ1v) is 6.40. The van der Waals surface area contributed by atoms with Crippen molar-refractivity contribution in [3.05, 3.63) is 29.3 Å². The molecule has 0 atom stereocenters. The fourth-order valence-corrected chi connectivity index (χ4v) is 2.20. The summed E-state index contributed by atoms with van der Waals surface area (Å²) in [6.45, 7) is 3.73. The van der Waals surface area contributed by atoms with Crippen LogP contribution < -0.4 is 11.1 Å². The molecule has 2 rings (SSSR count). The van der Waals surface area contributed by atoms with Gasteiger partial charge in [0.05, 0.1) is 11.1 Å². The number of anilines is 1. The molecule has 1 amide bonds. The molecular formula is C14H17F3N2O. The minimum atomic E-state index is -4.49. The highest BCUT2D eigenvalue weighted by Gasteiger charge is 2.39. The van der Waals surface area contributed by atoms with E-state index >= 15 is 0 Å². The molecule has 0 aromatic heterocycles. The van der Waals surface area contributed by atoms with Gasteiger partial charge in [0.2, 0.25) is 0 Å². The van der Waals surface area contributed by atoms with Gasteiger partial charge in [-0.15, -0.1) is 0 Å². The predicted octanol–water partition coefficient (Wildman–Crippen LogP) is 3.21. The second kappa shape index (κ2) is 4.68. The quantitative estimate of drug-likeness (QED) is 0.838. The summed E-state index contributed by atoms with van der Waals surface area (Å²) in [5, 5.41) is 2.77. The molecule has 0 aliphatic heterocycles. The van der Waals surface area contributed by atoms with Gasteiger partial charge in [-0.1, -0.05) is 0 Å². The smallest absolute Gasteiger partial charge is 0.398 e. The monoisotopic (exact) mass is 286 g/mol. The zero-order valence-corrected chi connectivity index (χ0v) is 11.3. The maximum atomic E-state index is 12.7. The van der Waals surface area contributed by atoms with Gasteiger partial charge in [-0.25, -0.2) is 0 Å². The zero-order valence-electron chi connectivity index (χ0n) is 11.3. The first kappa shape index (κ1) is 14.7. The summed E-state index contributed by atoms with van der Waals surface area (Å²) < 4.78 is 38.0. The summed E-state index contributed by atoms with van der Waals surface area (Å²) in [5.74, 6) is -0.191. The van der Waals surface area contributed by atoms with Crippen molar-refractivity contribution in [3.63, 3.8) is 0 Å². The van der Waals surface area contributed by atoms with Crippen molar-refractivity contribution in [1.82, 2.24) is 5.32 Å². The molecule has 1 fully saturated rings. The van der Waals surface area contributed by atoms with Gasteiger partial charge >= 0.3 is 6.18 Å². The van der Waals surface area contributed by atoms with Gasteiger partial charge in [0, 0.05) is 11.2 Å². The number of nitrogen functional groups attached to an aromatic ring is 1. The van der Waals surface area contributed by atoms with Crippen molar-refractivity contribution in [2.75, 3.05) is 5.73 Å². The Hall–Kier alpha value is -1.72. The molecule has 0 bridgehead atoms. The number of hydrogen-bond acceptors (Lipinski definition) is 2. The normalized spacial score (nSPS) is 16.1. The maximum absolute atomic E-state index is 12.7. The molecule has 0 spiro atoms. The summed E-state index contributed by atoms with van der Waals surface area (Å²) >= 11 is 0. The van der Waals surface area contributed by atoms with Crippen molar-refractivity contribution < 1.29 is 18.0 Å². The van der Waals surface area contributed by atoms with Crippen molar-refractivity contribution in [2.45, 2.75) is 38.4 Å². The Labute approximate surface area is 115 Å². The number of carbonyl (C=O) groups is 1. The summed E-state index contributed by atoms with van der Waals surface area (Å²) in [6.07, 6.45) is -2.45. The van der Waals surface area contributed by atoms with E-state index in [9.17, 15) is 18.0 Å². The van der Waals surface area contributed by atoms with Crippen LogP contribution in [0.25, 0.3) is 0 Å². The molecular weight excluding hydrogens is 269 g/mol. The van der Waals surface area contributed by atoms with Crippen LogP contribution in [0.15, 0.2) is 18.2 Å². The lowest BCUT2D eigenvalue weighted by Crippen LogP contribution is -2.45. The number of carbonyl (C=O) groups excluding carboxylic acids is 1. The number of amides is 1. The third-order valence-corrected chi connectivity index (χ3v) is 3.66. The topological polar surface area (TPSA) is 55.1 Å². The number of halogens is 3. The van der Waals surface area contributed by atoms with Crippen LogP contribution in [0, 0.1) is 5.92 Å². The Morgan fingerprint density at radius 3 is 2.40 bits per heavy atom. The number of nitrogens with two attached hydrogens (primary N) is 1. The second-order valence-corrected chi connectivity index (χ2v) is 5.75. The van der Waals surface area contributed by atoms with E-state index in [-0.39, 0.29) is 11.3 Å². The lowest BCUT2D eigenvalue weighted by Gasteiger charge is -2.26. The van der Waals surface area contributed by atoms with Gasteiger partial charge < -0.3 is 11.1 Å². The van der Waals surface area contributed by atoms with E-state index in [1.54, 1.807) is 0 Å². The van der Waals surface area contributed by atoms with Crippen LogP contribution >= 0.6 is 0 Å². The minimum absolute atomic E-state index is 0.0436. The van der Waals surface area contributed by atoms with Gasteiger partial charge in [-0.3, -0.25) is 4.79 Å². The third-order valence-electron chi connectivity index (χ3n) is 3.66. The van der Waals surface area contributed by atoms with E-state index in [1.165, 1.54) is 0 Å². The molecule has 6 heteroatoms. The third kappa shape index (κ3) is 3.05. The molecule has 0 radical (unpaired) electrons. The van der Waals surface area contributed by atoms with Crippen LogP contribution in [0.4, 0.5) is 18.9 Å². The summed E-state index contributed by atoms with van der Waals surface area (Å²) in [4.78, 5) is 12.1. The summed E-state index contributed by atoms with van der Waals surface area (Å²) in [6, 6.07) is 2.79. The largest absolute Gasteiger partial charge is 0.416 e. The Bertz CT molecular complexity index is 534. The Balaban J connectivity index is 2.25. The predicted molar refractivity (Wildman–Crippen MR) is 70.1 cm³/mol. The molecule has 1 aliphatic carbocycles. The van der Waals surface area contributed by atoms with E-state index in [2.05, 4.69) is 5.32 Å². The van der Waals surface area contributed by atoms with E-state index in [1.807, 2.05) is 13.8 Å². The molecule has 110 valence electrons. The van der Waals surface area contributed by atoms with E-state index in [0.29, 0.717) is 5.92 Å². The summed E-state index contributed by atoms with van der Waals surface area (Å²) in [5.41, 5.74) is 4.22. The van der Waals surface area contributed by atoms with Crippen LogP contribution in [0.2, 0.25) is 0 Å². The molecule has 0 unspecified atom stereocenters. The highest BCUT2D eigenvalue weighted by Crippen LogP contribution is 2.39. The average Bonchev–Trinajstić information content (AvgIpc) is 3.10. The molecule has 1 aromatic carbocycles. The lowest BCUT2D eigenvalue weighted by molar-refractivity contribution is -0.137. The van der Waals surface area contributed by atoms with Crippen LogP contribution in [0.5, 0.6) is 0 Å². The van der Waals surface area contributed by atoms with Gasteiger partial charge in [-0.05, 0) is 50.8 Å². The fraction of sp³-hybridized carbons (Fsp3) is 0.500. The summed E-state index contributed by atoms with van der Waals surface area (Å²) in [7, 11) is 0. The highest BCUT2D eigenvalue weighted by atomic mass is 19.4. The zero-order chi connectivity index (χ0) is 15.1. The first-order chi connectivity index (χ1) is 9.11. The van der Waals surface area contributed by atoms with Gasteiger partial charge in [-0.2, -0.15) is 13.2 Å². The van der Waals surface area contributed by atoms with Crippen LogP contribution in [0.3, 0.4) is 0 Å². The first-order valence-electron chi connectivity index (χ1n) is 6.40. The van der Waals surface area contributed by atoms with Crippen LogP contribution in [0.1, 0.15) is 42.6 Å². The van der Waals surface area contributed by atoms with Crippen LogP contribution in [-0.4, -0.2) is 11.4 Å². The SMILES string of the molecule is CC(C)(NC(=O)c1cc(C(F)(F)F)ccc1N)C1CC1.